The Morgan fingerprint density at radius 1 is 1.12 bits per heavy atom. The van der Waals surface area contributed by atoms with Crippen LogP contribution in [0.25, 0.3) is 10.4 Å². The first kappa shape index (κ1) is 24.4. The topological polar surface area (TPSA) is 101 Å². The highest BCUT2D eigenvalue weighted by molar-refractivity contribution is 7.89. The molecule has 0 bridgehead atoms. The molecular formula is C24H35N3O4S2. The molecule has 0 atom stereocenters. The van der Waals surface area contributed by atoms with E-state index in [0.717, 1.165) is 27.8 Å². The molecule has 0 saturated heterocycles. The summed E-state index contributed by atoms with van der Waals surface area (Å²) in [5, 5.41) is 14.1. The van der Waals surface area contributed by atoms with Gasteiger partial charge in [0.2, 0.25) is 10.0 Å². The Morgan fingerprint density at radius 2 is 1.85 bits per heavy atom. The summed E-state index contributed by atoms with van der Waals surface area (Å²) in [5.74, 6) is 1.02. The van der Waals surface area contributed by atoms with Gasteiger partial charge in [-0.1, -0.05) is 30.6 Å². The van der Waals surface area contributed by atoms with E-state index < -0.39 is 10.0 Å². The first-order chi connectivity index (χ1) is 15.9. The van der Waals surface area contributed by atoms with Crippen molar-refractivity contribution in [2.75, 3.05) is 19.0 Å². The van der Waals surface area contributed by atoms with Crippen molar-refractivity contribution in [2.24, 2.45) is 5.92 Å². The molecule has 1 aromatic heterocycles. The fourth-order valence-electron chi connectivity index (χ4n) is 4.87. The van der Waals surface area contributed by atoms with Crippen molar-refractivity contribution in [1.29, 1.82) is 0 Å². The molecule has 182 valence electrons. The highest BCUT2D eigenvalue weighted by Gasteiger charge is 2.27. The van der Waals surface area contributed by atoms with Crippen molar-refractivity contribution in [2.45, 2.75) is 81.8 Å². The monoisotopic (exact) mass is 493 g/mol. The number of methoxy groups -OCH3 is 1. The molecule has 1 aromatic carbocycles. The second-order valence-electron chi connectivity index (χ2n) is 9.31. The molecule has 2 aliphatic carbocycles. The minimum atomic E-state index is -3.77. The summed E-state index contributed by atoms with van der Waals surface area (Å²) in [4.78, 5) is 5.79. The Morgan fingerprint density at radius 3 is 2.55 bits per heavy atom. The summed E-state index contributed by atoms with van der Waals surface area (Å²) in [6.45, 7) is 2.90. The van der Waals surface area contributed by atoms with E-state index in [1.807, 2.05) is 13.0 Å². The average Bonchev–Trinajstić information content (AvgIpc) is 3.20. The van der Waals surface area contributed by atoms with Crippen LogP contribution in [0.15, 0.2) is 23.1 Å². The third kappa shape index (κ3) is 6.07. The van der Waals surface area contributed by atoms with Gasteiger partial charge in [-0.05, 0) is 75.1 Å². The number of nitrogens with one attached hydrogen (secondary N) is 2. The van der Waals surface area contributed by atoms with Crippen LogP contribution < -0.4 is 14.8 Å². The number of hydrogen-bond donors (Lipinski definition) is 3. The quantitative estimate of drug-likeness (QED) is 0.493. The van der Waals surface area contributed by atoms with E-state index >= 15 is 0 Å². The van der Waals surface area contributed by atoms with E-state index in [-0.39, 0.29) is 17.0 Å². The molecule has 9 heteroatoms. The number of anilines is 1. The zero-order chi connectivity index (χ0) is 23.4. The van der Waals surface area contributed by atoms with Crippen LogP contribution in [0.4, 0.5) is 5.13 Å². The Balaban J connectivity index is 1.53. The maximum absolute atomic E-state index is 13.2. The lowest BCUT2D eigenvalue weighted by molar-refractivity contribution is 0.120. The second kappa shape index (κ2) is 10.7. The second-order valence-corrected chi connectivity index (χ2v) is 12.0. The Bertz CT molecular complexity index is 1040. The van der Waals surface area contributed by atoms with E-state index in [1.165, 1.54) is 39.2 Å². The van der Waals surface area contributed by atoms with E-state index in [4.69, 9.17) is 9.72 Å². The minimum absolute atomic E-state index is 0.137. The van der Waals surface area contributed by atoms with Gasteiger partial charge in [0.05, 0.1) is 23.8 Å². The number of hydrogen-bond acceptors (Lipinski definition) is 7. The lowest BCUT2D eigenvalue weighted by Gasteiger charge is -2.26. The smallest absolute Gasteiger partial charge is 0.244 e. The van der Waals surface area contributed by atoms with Gasteiger partial charge in [-0.2, -0.15) is 0 Å². The minimum Gasteiger partial charge on any atom is -0.495 e. The Kier molecular flexibility index (Phi) is 7.94. The fourth-order valence-corrected chi connectivity index (χ4v) is 7.34. The predicted molar refractivity (Wildman–Crippen MR) is 132 cm³/mol. The largest absolute Gasteiger partial charge is 0.495 e. The van der Waals surface area contributed by atoms with Crippen LogP contribution >= 0.6 is 11.3 Å². The van der Waals surface area contributed by atoms with Crippen LogP contribution in [-0.2, 0) is 10.0 Å². The van der Waals surface area contributed by atoms with Gasteiger partial charge < -0.3 is 15.2 Å². The molecule has 3 N–H and O–H groups in total. The molecule has 2 aromatic rings. The lowest BCUT2D eigenvalue weighted by Crippen LogP contribution is -2.38. The molecule has 1 heterocycles. The summed E-state index contributed by atoms with van der Waals surface area (Å²) in [6.07, 6.45) is 8.67. The highest BCUT2D eigenvalue weighted by Crippen LogP contribution is 2.37. The van der Waals surface area contributed by atoms with E-state index in [0.29, 0.717) is 37.4 Å². The fraction of sp³-hybridized carbons (Fsp3) is 0.625. The van der Waals surface area contributed by atoms with Crippen LogP contribution in [0.5, 0.6) is 5.75 Å². The van der Waals surface area contributed by atoms with Crippen molar-refractivity contribution >= 4 is 26.5 Å². The number of sulfonamides is 1. The van der Waals surface area contributed by atoms with Gasteiger partial charge in [0.25, 0.3) is 0 Å². The van der Waals surface area contributed by atoms with Crippen LogP contribution in [0.1, 0.15) is 63.5 Å². The number of aliphatic hydroxyl groups is 1. The van der Waals surface area contributed by atoms with Gasteiger partial charge >= 0.3 is 0 Å². The third-order valence-corrected chi connectivity index (χ3v) is 9.50. The van der Waals surface area contributed by atoms with Crippen LogP contribution in [0.2, 0.25) is 0 Å². The molecule has 0 unspecified atom stereocenters. The SMILES string of the molecule is COc1ccc(-c2sc(NCC3CCCCC3)nc2C)cc1S(=O)(=O)N[C@H]1CC[C@@H](O)CC1. The van der Waals surface area contributed by atoms with Gasteiger partial charge in [-0.25, -0.2) is 18.1 Å². The first-order valence-corrected chi connectivity index (χ1v) is 14.3. The van der Waals surface area contributed by atoms with Crippen LogP contribution in [0, 0.1) is 12.8 Å². The summed E-state index contributed by atoms with van der Waals surface area (Å²) < 4.78 is 34.7. The number of nitrogens with zero attached hydrogens (tertiary/aromatic N) is 1. The van der Waals surface area contributed by atoms with Crippen molar-refractivity contribution < 1.29 is 18.3 Å². The summed E-state index contributed by atoms with van der Waals surface area (Å²) in [7, 11) is -2.29. The van der Waals surface area contributed by atoms with Gasteiger partial charge in [0, 0.05) is 12.6 Å². The predicted octanol–water partition coefficient (Wildman–Crippen LogP) is 4.70. The van der Waals surface area contributed by atoms with Crippen molar-refractivity contribution in [1.82, 2.24) is 9.71 Å². The zero-order valence-corrected chi connectivity index (χ0v) is 21.1. The maximum atomic E-state index is 13.2. The molecule has 7 nitrogen and oxygen atoms in total. The Hall–Kier alpha value is -1.68. The molecule has 0 spiro atoms. The number of thiazole rings is 1. The number of rotatable bonds is 8. The molecule has 2 saturated carbocycles. The van der Waals surface area contributed by atoms with Crippen molar-refractivity contribution in [3.8, 4) is 16.2 Å². The molecule has 0 radical (unpaired) electrons. The van der Waals surface area contributed by atoms with E-state index in [2.05, 4.69) is 10.0 Å². The van der Waals surface area contributed by atoms with Gasteiger partial charge in [-0.3, -0.25) is 0 Å². The lowest BCUT2D eigenvalue weighted by atomic mass is 9.89. The normalized spacial score (nSPS) is 22.3. The number of aromatic nitrogens is 1. The molecule has 0 aliphatic heterocycles. The Labute approximate surface area is 201 Å². The molecule has 2 aliphatic rings. The molecule has 4 rings (SSSR count). The van der Waals surface area contributed by atoms with Gasteiger partial charge in [0.15, 0.2) is 5.13 Å². The third-order valence-electron chi connectivity index (χ3n) is 6.80. The summed E-state index contributed by atoms with van der Waals surface area (Å²) in [6, 6.07) is 5.11. The first-order valence-electron chi connectivity index (χ1n) is 12.0. The average molecular weight is 494 g/mol. The number of benzene rings is 1. The maximum Gasteiger partial charge on any atom is 0.244 e. The standard InChI is InChI=1S/C24H35N3O4S2/c1-16-23(32-24(26-16)25-15-17-6-4-3-5-7-17)18-8-13-21(31-2)22(14-18)33(29,30)27-19-9-11-20(28)12-10-19/h8,13-14,17,19-20,27-28H,3-7,9-12,15H2,1-2H3,(H,25,26)/t19-,20+. The molecule has 33 heavy (non-hydrogen) atoms. The highest BCUT2D eigenvalue weighted by atomic mass is 32.2. The van der Waals surface area contributed by atoms with E-state index in [1.54, 1.807) is 23.5 Å². The molecular weight excluding hydrogens is 458 g/mol. The van der Waals surface area contributed by atoms with Crippen molar-refractivity contribution in [3.63, 3.8) is 0 Å². The molecule has 0 amide bonds. The van der Waals surface area contributed by atoms with Gasteiger partial charge in [-0.15, -0.1) is 0 Å². The zero-order valence-electron chi connectivity index (χ0n) is 19.5. The van der Waals surface area contributed by atoms with Crippen molar-refractivity contribution in [3.05, 3.63) is 23.9 Å². The summed E-state index contributed by atoms with van der Waals surface area (Å²) >= 11 is 1.56. The number of aryl methyl sites for hydroxylation is 1. The number of aliphatic hydroxyl groups excluding tert-OH is 1. The van der Waals surface area contributed by atoms with Crippen LogP contribution in [0.3, 0.4) is 0 Å². The summed E-state index contributed by atoms with van der Waals surface area (Å²) in [5.41, 5.74) is 1.70. The van der Waals surface area contributed by atoms with E-state index in [9.17, 15) is 13.5 Å². The molecule has 2 fully saturated rings. The van der Waals surface area contributed by atoms with Gasteiger partial charge in [0.1, 0.15) is 10.6 Å². The number of ether oxygens (including phenoxy) is 1. The van der Waals surface area contributed by atoms with Crippen LogP contribution in [-0.4, -0.2) is 44.3 Å².